The predicted molar refractivity (Wildman–Crippen MR) is 116 cm³/mol. The molecule has 0 bridgehead atoms. The number of aryl methyl sites for hydroxylation is 1. The highest BCUT2D eigenvalue weighted by atomic mass is 16.2. The molecule has 6 nitrogen and oxygen atoms in total. The van der Waals surface area contributed by atoms with Crippen LogP contribution in [0.4, 0.5) is 0 Å². The van der Waals surface area contributed by atoms with Crippen molar-refractivity contribution in [1.82, 2.24) is 24.6 Å². The van der Waals surface area contributed by atoms with Gasteiger partial charge in [0, 0.05) is 38.6 Å². The molecule has 1 aliphatic carbocycles. The zero-order chi connectivity index (χ0) is 20.8. The van der Waals surface area contributed by atoms with E-state index < -0.39 is 0 Å². The van der Waals surface area contributed by atoms with E-state index in [1.807, 2.05) is 12.4 Å². The van der Waals surface area contributed by atoms with Gasteiger partial charge in [-0.1, -0.05) is 37.3 Å². The van der Waals surface area contributed by atoms with Gasteiger partial charge < -0.3 is 14.4 Å². The van der Waals surface area contributed by atoms with Crippen LogP contribution in [0.2, 0.25) is 0 Å². The van der Waals surface area contributed by atoms with Gasteiger partial charge in [-0.15, -0.1) is 10.2 Å². The molecule has 5 rings (SSSR count). The van der Waals surface area contributed by atoms with Crippen molar-refractivity contribution in [3.63, 3.8) is 0 Å². The van der Waals surface area contributed by atoms with Crippen LogP contribution in [-0.4, -0.2) is 63.7 Å². The van der Waals surface area contributed by atoms with Gasteiger partial charge in [0.05, 0.1) is 5.41 Å². The van der Waals surface area contributed by atoms with Gasteiger partial charge in [0.2, 0.25) is 5.91 Å². The fourth-order valence-corrected chi connectivity index (χ4v) is 5.99. The van der Waals surface area contributed by atoms with Crippen LogP contribution >= 0.6 is 0 Å². The molecular formula is C24H33N5O. The van der Waals surface area contributed by atoms with Gasteiger partial charge in [-0.25, -0.2) is 0 Å². The van der Waals surface area contributed by atoms with E-state index in [1.165, 1.54) is 5.56 Å². The maximum Gasteiger partial charge on any atom is 0.233 e. The molecule has 3 heterocycles. The van der Waals surface area contributed by atoms with Gasteiger partial charge in [-0.05, 0) is 50.1 Å². The number of aromatic nitrogens is 3. The van der Waals surface area contributed by atoms with E-state index >= 15 is 0 Å². The smallest absolute Gasteiger partial charge is 0.233 e. The Balaban J connectivity index is 1.33. The molecule has 1 unspecified atom stereocenters. The Kier molecular flexibility index (Phi) is 4.92. The first-order chi connectivity index (χ1) is 14.6. The monoisotopic (exact) mass is 407 g/mol. The number of rotatable bonds is 5. The van der Waals surface area contributed by atoms with Gasteiger partial charge in [0.15, 0.2) is 0 Å². The maximum atomic E-state index is 13.5. The van der Waals surface area contributed by atoms with Gasteiger partial charge in [-0.3, -0.25) is 4.79 Å². The minimum absolute atomic E-state index is 0.202. The third kappa shape index (κ3) is 3.16. The third-order valence-electron chi connectivity index (χ3n) is 7.77. The zero-order valence-corrected chi connectivity index (χ0v) is 18.3. The van der Waals surface area contributed by atoms with Gasteiger partial charge in [-0.2, -0.15) is 0 Å². The Morgan fingerprint density at radius 2 is 1.87 bits per heavy atom. The highest BCUT2D eigenvalue weighted by Crippen LogP contribution is 2.52. The lowest BCUT2D eigenvalue weighted by Crippen LogP contribution is -2.49. The van der Waals surface area contributed by atoms with Crippen molar-refractivity contribution in [3.8, 4) is 0 Å². The molecule has 160 valence electrons. The van der Waals surface area contributed by atoms with Crippen molar-refractivity contribution >= 4 is 5.91 Å². The number of nitrogens with zero attached hydrogens (tertiary/aromatic N) is 5. The largest absolute Gasteiger partial charge is 0.342 e. The van der Waals surface area contributed by atoms with E-state index in [0.29, 0.717) is 11.8 Å². The summed E-state index contributed by atoms with van der Waals surface area (Å²) in [5.41, 5.74) is 1.15. The number of hydrogen-bond donors (Lipinski definition) is 0. The maximum absolute atomic E-state index is 13.5. The Morgan fingerprint density at radius 1 is 1.13 bits per heavy atom. The molecule has 6 heteroatoms. The summed E-state index contributed by atoms with van der Waals surface area (Å²) in [5.74, 6) is 1.89. The molecule has 1 amide bonds. The number of hydrogen-bond acceptors (Lipinski definition) is 4. The molecule has 3 aliphatic rings. The van der Waals surface area contributed by atoms with Crippen molar-refractivity contribution in [1.29, 1.82) is 0 Å². The normalized spacial score (nSPS) is 25.0. The average molecular weight is 408 g/mol. The Labute approximate surface area is 179 Å². The standard InChI is InChI=1S/C24H33N5O/c1-3-13-29-18-25-26-21(29)20-16-27(2)17-23(20)11-14-28(15-12-23)22(30)24(9-10-24)19-7-5-4-6-8-19/h4-8,18,20H,3,9-17H2,1-2H3. The molecule has 3 fully saturated rings. The van der Waals surface area contributed by atoms with Crippen LogP contribution in [0.1, 0.15) is 56.3 Å². The fraction of sp³-hybridized carbons (Fsp3) is 0.625. The van der Waals surface area contributed by atoms with E-state index in [-0.39, 0.29) is 10.8 Å². The van der Waals surface area contributed by atoms with Crippen LogP contribution in [0.25, 0.3) is 0 Å². The Hall–Kier alpha value is -2.21. The average Bonchev–Trinajstić information content (AvgIpc) is 3.36. The summed E-state index contributed by atoms with van der Waals surface area (Å²) in [7, 11) is 2.22. The van der Waals surface area contributed by atoms with E-state index in [0.717, 1.165) is 70.7 Å². The Morgan fingerprint density at radius 3 is 2.53 bits per heavy atom. The fourth-order valence-electron chi connectivity index (χ4n) is 5.99. The van der Waals surface area contributed by atoms with Crippen molar-refractivity contribution in [2.75, 3.05) is 33.2 Å². The lowest BCUT2D eigenvalue weighted by molar-refractivity contribution is -0.136. The SMILES string of the molecule is CCCn1cnnc1C1CN(C)CC12CCN(C(=O)C1(c3ccccc3)CC1)CC2. The summed E-state index contributed by atoms with van der Waals surface area (Å²) in [6.07, 6.45) is 7.06. The van der Waals surface area contributed by atoms with E-state index in [1.54, 1.807) is 0 Å². The summed E-state index contributed by atoms with van der Waals surface area (Å²) in [6, 6.07) is 10.4. The summed E-state index contributed by atoms with van der Waals surface area (Å²) < 4.78 is 2.25. The van der Waals surface area contributed by atoms with Gasteiger partial charge in [0.25, 0.3) is 0 Å². The molecular weight excluding hydrogens is 374 g/mol. The molecule has 2 saturated heterocycles. The number of amides is 1. The van der Waals surface area contributed by atoms with Crippen molar-refractivity contribution < 1.29 is 4.79 Å². The van der Waals surface area contributed by atoms with Crippen molar-refractivity contribution in [3.05, 3.63) is 48.0 Å². The second kappa shape index (κ2) is 7.49. The zero-order valence-electron chi connectivity index (χ0n) is 18.3. The van der Waals surface area contributed by atoms with Crippen LogP contribution in [0.5, 0.6) is 0 Å². The van der Waals surface area contributed by atoms with Crippen LogP contribution in [-0.2, 0) is 16.8 Å². The summed E-state index contributed by atoms with van der Waals surface area (Å²) in [6.45, 7) is 7.01. The molecule has 1 atom stereocenters. The number of likely N-dealkylation sites (tertiary alicyclic amines) is 2. The minimum Gasteiger partial charge on any atom is -0.342 e. The van der Waals surface area contributed by atoms with E-state index in [9.17, 15) is 4.79 Å². The predicted octanol–water partition coefficient (Wildman–Crippen LogP) is 3.06. The van der Waals surface area contributed by atoms with Crippen LogP contribution < -0.4 is 0 Å². The summed E-state index contributed by atoms with van der Waals surface area (Å²) in [5, 5.41) is 8.79. The number of carbonyl (C=O) groups excluding carboxylic acids is 1. The first kappa shape index (κ1) is 19.7. The van der Waals surface area contributed by atoms with E-state index in [4.69, 9.17) is 0 Å². The number of benzene rings is 1. The molecule has 1 saturated carbocycles. The second-order valence-corrected chi connectivity index (χ2v) is 9.73. The van der Waals surface area contributed by atoms with Crippen molar-refractivity contribution in [2.24, 2.45) is 5.41 Å². The number of carbonyl (C=O) groups is 1. The number of likely N-dealkylation sites (N-methyl/N-ethyl adjacent to an activating group) is 1. The molecule has 1 aromatic heterocycles. The van der Waals surface area contributed by atoms with E-state index in [2.05, 4.69) is 62.8 Å². The van der Waals surface area contributed by atoms with Gasteiger partial charge >= 0.3 is 0 Å². The molecule has 2 aliphatic heterocycles. The lowest BCUT2D eigenvalue weighted by Gasteiger charge is -2.43. The Bertz CT molecular complexity index is 895. The first-order valence-electron chi connectivity index (χ1n) is 11.5. The van der Waals surface area contributed by atoms with Gasteiger partial charge in [0.1, 0.15) is 12.2 Å². The van der Waals surface area contributed by atoms with Crippen LogP contribution in [0.15, 0.2) is 36.7 Å². The highest BCUT2D eigenvalue weighted by molar-refractivity contribution is 5.91. The quantitative estimate of drug-likeness (QED) is 0.764. The number of piperidine rings is 1. The molecule has 0 N–H and O–H groups in total. The molecule has 0 radical (unpaired) electrons. The first-order valence-corrected chi connectivity index (χ1v) is 11.5. The second-order valence-electron chi connectivity index (χ2n) is 9.73. The molecule has 2 aromatic rings. The van der Waals surface area contributed by atoms with Crippen molar-refractivity contribution in [2.45, 2.75) is 56.9 Å². The topological polar surface area (TPSA) is 54.3 Å². The summed E-state index contributed by atoms with van der Waals surface area (Å²) >= 11 is 0. The molecule has 30 heavy (non-hydrogen) atoms. The lowest BCUT2D eigenvalue weighted by atomic mass is 9.70. The van der Waals surface area contributed by atoms with Crippen LogP contribution in [0.3, 0.4) is 0 Å². The highest BCUT2D eigenvalue weighted by Gasteiger charge is 2.55. The minimum atomic E-state index is -0.251. The summed E-state index contributed by atoms with van der Waals surface area (Å²) in [4.78, 5) is 18.1. The van der Waals surface area contributed by atoms with Crippen LogP contribution in [0, 0.1) is 5.41 Å². The molecule has 1 aromatic carbocycles. The molecule has 1 spiro atoms. The third-order valence-corrected chi connectivity index (χ3v) is 7.77.